The van der Waals surface area contributed by atoms with Gasteiger partial charge in [-0.3, -0.25) is 4.79 Å². The van der Waals surface area contributed by atoms with E-state index in [1.807, 2.05) is 30.0 Å². The van der Waals surface area contributed by atoms with Crippen LogP contribution >= 0.6 is 0 Å². The van der Waals surface area contributed by atoms with Gasteiger partial charge >= 0.3 is 0 Å². The van der Waals surface area contributed by atoms with Gasteiger partial charge in [-0.25, -0.2) is 4.98 Å². The molecule has 1 spiro atoms. The van der Waals surface area contributed by atoms with Gasteiger partial charge in [0.25, 0.3) is 5.91 Å². The number of hydrogen-bond donors (Lipinski definition) is 0. The number of nitrogens with zero attached hydrogens (tertiary/aromatic N) is 3. The van der Waals surface area contributed by atoms with Gasteiger partial charge in [-0.05, 0) is 25.0 Å². The highest BCUT2D eigenvalue weighted by atomic mass is 16.5. The minimum absolute atomic E-state index is 0.110. The van der Waals surface area contributed by atoms with Crippen LogP contribution in [-0.4, -0.2) is 56.2 Å². The molecule has 1 aromatic heterocycles. The molecule has 3 heterocycles. The Morgan fingerprint density at radius 2 is 2.30 bits per heavy atom. The van der Waals surface area contributed by atoms with Crippen LogP contribution in [0.4, 0.5) is 5.82 Å². The van der Waals surface area contributed by atoms with Crippen molar-refractivity contribution in [2.45, 2.75) is 12.8 Å². The lowest BCUT2D eigenvalue weighted by atomic mass is 9.87. The first-order chi connectivity index (χ1) is 9.60. The number of likely N-dealkylation sites (tertiary alicyclic amines) is 1. The number of carbonyl (C=O) groups excluding carboxylic acids is 1. The number of amides is 1. The van der Waals surface area contributed by atoms with Crippen molar-refractivity contribution in [3.8, 4) is 0 Å². The standard InChI is InChI=1S/C15H21N3O2/c1-17(2)13-9-12(3-6-16-13)14(19)18-7-4-15(10-18)5-8-20-11-15/h3,6,9H,4-5,7-8,10-11H2,1-2H3. The molecule has 2 saturated heterocycles. The van der Waals surface area contributed by atoms with Crippen molar-refractivity contribution in [3.63, 3.8) is 0 Å². The summed E-state index contributed by atoms with van der Waals surface area (Å²) in [5.41, 5.74) is 0.937. The maximum absolute atomic E-state index is 12.6. The maximum atomic E-state index is 12.6. The minimum Gasteiger partial charge on any atom is -0.381 e. The van der Waals surface area contributed by atoms with E-state index in [9.17, 15) is 4.79 Å². The second-order valence-electron chi connectivity index (χ2n) is 6.08. The highest BCUT2D eigenvalue weighted by Gasteiger charge is 2.42. The molecule has 1 aromatic rings. The average Bonchev–Trinajstić information content (AvgIpc) is 3.09. The fourth-order valence-corrected chi connectivity index (χ4v) is 3.06. The van der Waals surface area contributed by atoms with Crippen LogP contribution in [-0.2, 0) is 4.74 Å². The molecule has 20 heavy (non-hydrogen) atoms. The zero-order valence-electron chi connectivity index (χ0n) is 12.1. The fraction of sp³-hybridized carbons (Fsp3) is 0.600. The van der Waals surface area contributed by atoms with Gasteiger partial charge in [0, 0.05) is 51.0 Å². The first-order valence-electron chi connectivity index (χ1n) is 7.10. The van der Waals surface area contributed by atoms with E-state index in [0.29, 0.717) is 0 Å². The van der Waals surface area contributed by atoms with Crippen molar-refractivity contribution in [3.05, 3.63) is 23.9 Å². The Morgan fingerprint density at radius 1 is 1.45 bits per heavy atom. The summed E-state index contributed by atoms with van der Waals surface area (Å²) in [6.07, 6.45) is 3.84. The van der Waals surface area contributed by atoms with Crippen molar-refractivity contribution in [1.29, 1.82) is 0 Å². The molecular formula is C15H21N3O2. The maximum Gasteiger partial charge on any atom is 0.254 e. The van der Waals surface area contributed by atoms with Gasteiger partial charge in [0.15, 0.2) is 0 Å². The molecule has 5 heteroatoms. The van der Waals surface area contributed by atoms with E-state index in [1.165, 1.54) is 0 Å². The van der Waals surface area contributed by atoms with E-state index >= 15 is 0 Å². The zero-order chi connectivity index (χ0) is 14.2. The molecule has 108 valence electrons. The predicted octanol–water partition coefficient (Wildman–Crippen LogP) is 1.40. The Labute approximate surface area is 119 Å². The number of pyridine rings is 1. The summed E-state index contributed by atoms with van der Waals surface area (Å²) in [7, 11) is 3.86. The largest absolute Gasteiger partial charge is 0.381 e. The van der Waals surface area contributed by atoms with Crippen LogP contribution in [0, 0.1) is 5.41 Å². The van der Waals surface area contributed by atoms with Crippen LogP contribution in [0.5, 0.6) is 0 Å². The summed E-state index contributed by atoms with van der Waals surface area (Å²) in [5, 5.41) is 0. The zero-order valence-corrected chi connectivity index (χ0v) is 12.1. The molecule has 0 aliphatic carbocycles. The number of hydrogen-bond acceptors (Lipinski definition) is 4. The molecule has 2 aliphatic rings. The molecule has 2 fully saturated rings. The molecular weight excluding hydrogens is 254 g/mol. The second kappa shape index (κ2) is 5.05. The van der Waals surface area contributed by atoms with E-state index in [2.05, 4.69) is 4.98 Å². The third-order valence-corrected chi connectivity index (χ3v) is 4.36. The summed E-state index contributed by atoms with van der Waals surface area (Å²) < 4.78 is 5.51. The second-order valence-corrected chi connectivity index (χ2v) is 6.08. The molecule has 0 bridgehead atoms. The van der Waals surface area contributed by atoms with Crippen LogP contribution in [0.15, 0.2) is 18.3 Å². The van der Waals surface area contributed by atoms with Crippen molar-refractivity contribution >= 4 is 11.7 Å². The van der Waals surface area contributed by atoms with Crippen molar-refractivity contribution in [1.82, 2.24) is 9.88 Å². The summed E-state index contributed by atoms with van der Waals surface area (Å²) in [6.45, 7) is 3.30. The average molecular weight is 275 g/mol. The van der Waals surface area contributed by atoms with Gasteiger partial charge in [0.1, 0.15) is 5.82 Å². The van der Waals surface area contributed by atoms with E-state index in [0.717, 1.165) is 50.5 Å². The Kier molecular flexibility index (Phi) is 3.38. The Balaban J connectivity index is 1.75. The molecule has 0 radical (unpaired) electrons. The number of carbonyl (C=O) groups is 1. The Morgan fingerprint density at radius 3 is 3.00 bits per heavy atom. The van der Waals surface area contributed by atoms with Gasteiger partial charge in [-0.15, -0.1) is 0 Å². The fourth-order valence-electron chi connectivity index (χ4n) is 3.06. The normalized spacial score (nSPS) is 25.4. The van der Waals surface area contributed by atoms with Crippen molar-refractivity contribution in [2.24, 2.45) is 5.41 Å². The highest BCUT2D eigenvalue weighted by molar-refractivity contribution is 5.95. The Hall–Kier alpha value is -1.62. The SMILES string of the molecule is CN(C)c1cc(C(=O)N2CCC3(CCOC3)C2)ccn1. The van der Waals surface area contributed by atoms with Crippen LogP contribution < -0.4 is 4.90 Å². The highest BCUT2D eigenvalue weighted by Crippen LogP contribution is 2.38. The van der Waals surface area contributed by atoms with E-state index in [1.54, 1.807) is 12.3 Å². The summed E-state index contributed by atoms with van der Waals surface area (Å²) in [5.74, 6) is 0.924. The summed E-state index contributed by atoms with van der Waals surface area (Å²) in [4.78, 5) is 20.7. The molecule has 1 atom stereocenters. The van der Waals surface area contributed by atoms with Crippen LogP contribution in [0.25, 0.3) is 0 Å². The first-order valence-corrected chi connectivity index (χ1v) is 7.10. The van der Waals surface area contributed by atoms with Crippen molar-refractivity contribution < 1.29 is 9.53 Å². The molecule has 1 unspecified atom stereocenters. The number of anilines is 1. The van der Waals surface area contributed by atoms with Crippen LogP contribution in [0.3, 0.4) is 0 Å². The van der Waals surface area contributed by atoms with E-state index < -0.39 is 0 Å². The summed E-state index contributed by atoms with van der Waals surface area (Å²) >= 11 is 0. The minimum atomic E-state index is 0.110. The molecule has 0 saturated carbocycles. The molecule has 2 aliphatic heterocycles. The van der Waals surface area contributed by atoms with Gasteiger partial charge in [0.2, 0.25) is 0 Å². The Bertz CT molecular complexity index is 510. The predicted molar refractivity (Wildman–Crippen MR) is 77.0 cm³/mol. The third-order valence-electron chi connectivity index (χ3n) is 4.36. The van der Waals surface area contributed by atoms with Gasteiger partial charge in [-0.1, -0.05) is 0 Å². The monoisotopic (exact) mass is 275 g/mol. The van der Waals surface area contributed by atoms with Crippen molar-refractivity contribution in [2.75, 3.05) is 45.3 Å². The van der Waals surface area contributed by atoms with E-state index in [-0.39, 0.29) is 11.3 Å². The topological polar surface area (TPSA) is 45.7 Å². The molecule has 0 N–H and O–H groups in total. The lowest BCUT2D eigenvalue weighted by Gasteiger charge is -2.22. The first kappa shape index (κ1) is 13.4. The van der Waals surface area contributed by atoms with Gasteiger partial charge in [0.05, 0.1) is 6.61 Å². The van der Waals surface area contributed by atoms with Gasteiger partial charge in [-0.2, -0.15) is 0 Å². The van der Waals surface area contributed by atoms with E-state index in [4.69, 9.17) is 4.74 Å². The van der Waals surface area contributed by atoms with Crippen LogP contribution in [0.1, 0.15) is 23.2 Å². The molecule has 1 amide bonds. The number of ether oxygens (including phenoxy) is 1. The smallest absolute Gasteiger partial charge is 0.254 e. The lowest BCUT2D eigenvalue weighted by molar-refractivity contribution is 0.0765. The third kappa shape index (κ3) is 2.38. The number of aromatic nitrogens is 1. The lowest BCUT2D eigenvalue weighted by Crippen LogP contribution is -2.32. The van der Waals surface area contributed by atoms with Crippen LogP contribution in [0.2, 0.25) is 0 Å². The summed E-state index contributed by atoms with van der Waals surface area (Å²) in [6, 6.07) is 3.66. The molecule has 5 nitrogen and oxygen atoms in total. The molecule has 3 rings (SSSR count). The van der Waals surface area contributed by atoms with Gasteiger partial charge < -0.3 is 14.5 Å². The number of rotatable bonds is 2. The molecule has 0 aromatic carbocycles. The quantitative estimate of drug-likeness (QED) is 0.818.